The maximum atomic E-state index is 14.7. The minimum Gasteiger partial charge on any atom is -0.352 e. The van der Waals surface area contributed by atoms with E-state index in [1.165, 1.54) is 17.2 Å². The standard InChI is InChI=1S/C21H20F5N7O/c1-12-7-13(2)17(33-30-4-5-31-33)15(8-12)18(34)32-6-3-20(22,23)16(32)11-29-19-27-9-14(10-28-19)21(24,25)26/h4-5,7-10,16H,3,6,11H2,1-2H3,(H,27,28,29)/t16-/m1/s1. The summed E-state index contributed by atoms with van der Waals surface area (Å²) >= 11 is 0. The molecule has 1 aliphatic heterocycles. The van der Waals surface area contributed by atoms with Crippen LogP contribution in [0.3, 0.4) is 0 Å². The Hall–Kier alpha value is -3.64. The quantitative estimate of drug-likeness (QED) is 0.560. The maximum absolute atomic E-state index is 14.7. The van der Waals surface area contributed by atoms with Crippen LogP contribution in [0.4, 0.5) is 27.9 Å². The number of aromatic nitrogens is 5. The summed E-state index contributed by atoms with van der Waals surface area (Å²) < 4.78 is 67.5. The van der Waals surface area contributed by atoms with Crippen LogP contribution in [0, 0.1) is 13.8 Å². The van der Waals surface area contributed by atoms with Gasteiger partial charge in [-0.1, -0.05) is 6.07 Å². The number of hydrogen-bond acceptors (Lipinski definition) is 6. The van der Waals surface area contributed by atoms with Gasteiger partial charge in [-0.2, -0.15) is 28.2 Å². The van der Waals surface area contributed by atoms with E-state index in [1.807, 2.05) is 6.07 Å². The fraction of sp³-hybridized carbons (Fsp3) is 0.381. The summed E-state index contributed by atoms with van der Waals surface area (Å²) in [5, 5.41) is 10.7. The lowest BCUT2D eigenvalue weighted by atomic mass is 10.0. The molecule has 180 valence electrons. The molecule has 13 heteroatoms. The number of carbonyl (C=O) groups excluding carboxylic acids is 1. The monoisotopic (exact) mass is 481 g/mol. The lowest BCUT2D eigenvalue weighted by molar-refractivity contribution is -0.138. The molecule has 0 unspecified atom stereocenters. The highest BCUT2D eigenvalue weighted by atomic mass is 19.4. The molecule has 3 heterocycles. The summed E-state index contributed by atoms with van der Waals surface area (Å²) in [5.41, 5.74) is 0.945. The predicted molar refractivity (Wildman–Crippen MR) is 111 cm³/mol. The Morgan fingerprint density at radius 3 is 2.41 bits per heavy atom. The van der Waals surface area contributed by atoms with Gasteiger partial charge in [0.25, 0.3) is 11.8 Å². The summed E-state index contributed by atoms with van der Waals surface area (Å²) in [6.07, 6.45) is -1.18. The minimum absolute atomic E-state index is 0.169. The number of nitrogens with zero attached hydrogens (tertiary/aromatic N) is 6. The van der Waals surface area contributed by atoms with Crippen LogP contribution in [-0.4, -0.2) is 60.8 Å². The number of aryl methyl sites for hydroxylation is 2. The molecule has 1 amide bonds. The molecule has 0 aliphatic carbocycles. The van der Waals surface area contributed by atoms with Crippen LogP contribution in [0.2, 0.25) is 0 Å². The summed E-state index contributed by atoms with van der Waals surface area (Å²) in [6, 6.07) is 1.85. The summed E-state index contributed by atoms with van der Waals surface area (Å²) in [4.78, 5) is 22.9. The van der Waals surface area contributed by atoms with Gasteiger partial charge in [-0.15, -0.1) is 0 Å². The molecule has 1 aliphatic rings. The number of alkyl halides is 5. The number of benzene rings is 1. The Morgan fingerprint density at radius 1 is 1.15 bits per heavy atom. The Balaban J connectivity index is 1.60. The largest absolute Gasteiger partial charge is 0.419 e. The number of anilines is 1. The van der Waals surface area contributed by atoms with E-state index in [9.17, 15) is 26.7 Å². The van der Waals surface area contributed by atoms with Crippen LogP contribution >= 0.6 is 0 Å². The zero-order valence-electron chi connectivity index (χ0n) is 18.1. The smallest absolute Gasteiger partial charge is 0.352 e. The molecule has 1 N–H and O–H groups in total. The van der Waals surface area contributed by atoms with Crippen molar-refractivity contribution < 1.29 is 26.7 Å². The molecule has 0 spiro atoms. The SMILES string of the molecule is Cc1cc(C)c(-n2nccn2)c(C(=O)N2CCC(F)(F)[C@H]2CNc2ncc(C(F)(F)F)cn2)c1. The van der Waals surface area contributed by atoms with Gasteiger partial charge in [0.15, 0.2) is 0 Å². The second-order valence-electron chi connectivity index (χ2n) is 8.00. The van der Waals surface area contributed by atoms with E-state index in [4.69, 9.17) is 0 Å². The van der Waals surface area contributed by atoms with Gasteiger partial charge in [0, 0.05) is 31.9 Å². The molecule has 3 aromatic rings. The number of likely N-dealkylation sites (tertiary alicyclic amines) is 1. The second-order valence-corrected chi connectivity index (χ2v) is 8.00. The van der Waals surface area contributed by atoms with Crippen LogP contribution in [-0.2, 0) is 6.18 Å². The highest BCUT2D eigenvalue weighted by molar-refractivity contribution is 5.99. The van der Waals surface area contributed by atoms with E-state index in [0.29, 0.717) is 23.6 Å². The van der Waals surface area contributed by atoms with Crippen molar-refractivity contribution in [3.05, 3.63) is 59.2 Å². The van der Waals surface area contributed by atoms with Gasteiger partial charge in [-0.05, 0) is 31.0 Å². The Bertz CT molecular complexity index is 1180. The normalized spacial score (nSPS) is 17.7. The molecule has 4 rings (SSSR count). The topological polar surface area (TPSA) is 88.8 Å². The number of rotatable bonds is 5. The Labute approximate surface area is 190 Å². The van der Waals surface area contributed by atoms with E-state index in [-0.39, 0.29) is 18.1 Å². The van der Waals surface area contributed by atoms with E-state index >= 15 is 0 Å². The van der Waals surface area contributed by atoms with Gasteiger partial charge in [0.05, 0.1) is 23.5 Å². The number of nitrogens with one attached hydrogen (secondary N) is 1. The predicted octanol–water partition coefficient (Wildman–Crippen LogP) is 3.65. The molecule has 1 aromatic carbocycles. The minimum atomic E-state index is -4.62. The number of amides is 1. The number of hydrogen-bond donors (Lipinski definition) is 1. The molecule has 34 heavy (non-hydrogen) atoms. The molecule has 0 bridgehead atoms. The first-order valence-corrected chi connectivity index (χ1v) is 10.3. The molecule has 0 radical (unpaired) electrons. The molecular formula is C21H20F5N7O. The molecule has 1 fully saturated rings. The number of carbonyl (C=O) groups is 1. The van der Waals surface area contributed by atoms with Crippen molar-refractivity contribution in [3.63, 3.8) is 0 Å². The van der Waals surface area contributed by atoms with Crippen molar-refractivity contribution in [2.45, 2.75) is 38.4 Å². The van der Waals surface area contributed by atoms with Crippen molar-refractivity contribution in [2.75, 3.05) is 18.4 Å². The van der Waals surface area contributed by atoms with E-state index in [2.05, 4.69) is 25.5 Å². The van der Waals surface area contributed by atoms with Gasteiger partial charge in [0.1, 0.15) is 11.7 Å². The zero-order chi connectivity index (χ0) is 24.7. The lowest BCUT2D eigenvalue weighted by Gasteiger charge is -2.29. The van der Waals surface area contributed by atoms with Crippen LogP contribution in [0.15, 0.2) is 36.9 Å². The highest BCUT2D eigenvalue weighted by Crippen LogP contribution is 2.36. The Kier molecular flexibility index (Phi) is 5.96. The summed E-state index contributed by atoms with van der Waals surface area (Å²) in [6.45, 7) is 2.89. The molecular weight excluding hydrogens is 461 g/mol. The summed E-state index contributed by atoms with van der Waals surface area (Å²) in [5.74, 6) is -4.11. The van der Waals surface area contributed by atoms with Gasteiger partial charge in [-0.25, -0.2) is 18.7 Å². The van der Waals surface area contributed by atoms with Gasteiger partial charge >= 0.3 is 6.18 Å². The first kappa shape index (κ1) is 23.5. The van der Waals surface area contributed by atoms with E-state index < -0.39 is 42.6 Å². The van der Waals surface area contributed by atoms with Crippen LogP contribution in [0.1, 0.15) is 33.5 Å². The van der Waals surface area contributed by atoms with Crippen molar-refractivity contribution in [1.82, 2.24) is 29.9 Å². The van der Waals surface area contributed by atoms with Crippen molar-refractivity contribution in [2.24, 2.45) is 0 Å². The van der Waals surface area contributed by atoms with Gasteiger partial charge in [-0.3, -0.25) is 4.79 Å². The van der Waals surface area contributed by atoms with Crippen molar-refractivity contribution in [1.29, 1.82) is 0 Å². The molecule has 1 atom stereocenters. The third kappa shape index (κ3) is 4.54. The van der Waals surface area contributed by atoms with Crippen LogP contribution in [0.25, 0.3) is 5.69 Å². The number of halogens is 5. The van der Waals surface area contributed by atoms with E-state index in [1.54, 1.807) is 19.9 Å². The summed E-state index contributed by atoms with van der Waals surface area (Å²) in [7, 11) is 0. The lowest BCUT2D eigenvalue weighted by Crippen LogP contribution is -2.47. The fourth-order valence-corrected chi connectivity index (χ4v) is 3.95. The van der Waals surface area contributed by atoms with Crippen LogP contribution in [0.5, 0.6) is 0 Å². The first-order chi connectivity index (χ1) is 16.0. The fourth-order valence-electron chi connectivity index (χ4n) is 3.95. The first-order valence-electron chi connectivity index (χ1n) is 10.3. The molecule has 2 aromatic heterocycles. The third-order valence-corrected chi connectivity index (χ3v) is 5.54. The van der Waals surface area contributed by atoms with E-state index in [0.717, 1.165) is 10.5 Å². The zero-order valence-corrected chi connectivity index (χ0v) is 18.1. The van der Waals surface area contributed by atoms with Gasteiger partial charge in [0.2, 0.25) is 5.95 Å². The third-order valence-electron chi connectivity index (χ3n) is 5.54. The van der Waals surface area contributed by atoms with Crippen molar-refractivity contribution >= 4 is 11.9 Å². The van der Waals surface area contributed by atoms with Gasteiger partial charge < -0.3 is 10.2 Å². The van der Waals surface area contributed by atoms with Crippen molar-refractivity contribution in [3.8, 4) is 5.69 Å². The molecule has 1 saturated heterocycles. The molecule has 0 saturated carbocycles. The van der Waals surface area contributed by atoms with Crippen LogP contribution < -0.4 is 5.32 Å². The average Bonchev–Trinajstić information content (AvgIpc) is 3.38. The molecule has 8 nitrogen and oxygen atoms in total. The highest BCUT2D eigenvalue weighted by Gasteiger charge is 2.51. The maximum Gasteiger partial charge on any atom is 0.419 e. The average molecular weight is 481 g/mol. The Morgan fingerprint density at radius 2 is 1.79 bits per heavy atom. The second kappa shape index (κ2) is 8.61.